The van der Waals surface area contributed by atoms with Gasteiger partial charge < -0.3 is 15.5 Å². The van der Waals surface area contributed by atoms with Crippen LogP contribution in [0.4, 0.5) is 11.5 Å². The Morgan fingerprint density at radius 3 is 2.43 bits per heavy atom. The summed E-state index contributed by atoms with van der Waals surface area (Å²) in [4.78, 5) is 19.8. The van der Waals surface area contributed by atoms with E-state index < -0.39 is 10.0 Å². The summed E-state index contributed by atoms with van der Waals surface area (Å²) in [6.07, 6.45) is 10.1. The number of benzene rings is 1. The van der Waals surface area contributed by atoms with Crippen molar-refractivity contribution >= 4 is 27.4 Å². The second-order valence-corrected chi connectivity index (χ2v) is 11.2. The van der Waals surface area contributed by atoms with Crippen molar-refractivity contribution in [2.75, 3.05) is 35.8 Å². The van der Waals surface area contributed by atoms with Gasteiger partial charge >= 0.3 is 0 Å². The largest absolute Gasteiger partial charge is 0.352 e. The summed E-state index contributed by atoms with van der Waals surface area (Å²) in [5, 5.41) is 6.44. The van der Waals surface area contributed by atoms with Crippen molar-refractivity contribution in [2.45, 2.75) is 69.2 Å². The first-order valence-corrected chi connectivity index (χ1v) is 14.3. The molecule has 0 unspecified atom stereocenters. The van der Waals surface area contributed by atoms with Gasteiger partial charge in [0.15, 0.2) is 5.82 Å². The van der Waals surface area contributed by atoms with Crippen molar-refractivity contribution in [1.29, 1.82) is 0 Å². The molecule has 35 heavy (non-hydrogen) atoms. The van der Waals surface area contributed by atoms with E-state index in [0.717, 1.165) is 57.2 Å². The van der Waals surface area contributed by atoms with Crippen molar-refractivity contribution in [2.24, 2.45) is 0 Å². The van der Waals surface area contributed by atoms with Crippen molar-refractivity contribution in [3.63, 3.8) is 0 Å². The van der Waals surface area contributed by atoms with E-state index in [0.29, 0.717) is 30.2 Å². The number of aryl methyl sites for hydroxylation is 1. The Morgan fingerprint density at radius 2 is 1.77 bits per heavy atom. The Morgan fingerprint density at radius 1 is 1.09 bits per heavy atom. The minimum atomic E-state index is -3.84. The van der Waals surface area contributed by atoms with Gasteiger partial charge in [0.1, 0.15) is 0 Å². The third-order valence-corrected chi connectivity index (χ3v) is 8.13. The van der Waals surface area contributed by atoms with Gasteiger partial charge in [0.25, 0.3) is 15.9 Å². The topological polar surface area (TPSA) is 103 Å². The molecule has 1 aromatic heterocycles. The van der Waals surface area contributed by atoms with E-state index in [-0.39, 0.29) is 16.8 Å². The molecular weight excluding hydrogens is 462 g/mol. The molecule has 1 aliphatic heterocycles. The molecule has 2 aliphatic rings. The lowest BCUT2D eigenvalue weighted by Crippen LogP contribution is -2.44. The highest BCUT2D eigenvalue weighted by molar-refractivity contribution is 7.92. The summed E-state index contributed by atoms with van der Waals surface area (Å²) in [5.41, 5.74) is 1.80. The molecule has 2 fully saturated rings. The molecule has 0 atom stereocenters. The molecule has 2 heterocycles. The fourth-order valence-electron chi connectivity index (χ4n) is 4.81. The summed E-state index contributed by atoms with van der Waals surface area (Å²) in [6.45, 7) is 5.09. The number of rotatable bonds is 8. The van der Waals surface area contributed by atoms with E-state index in [1.807, 2.05) is 17.0 Å². The average Bonchev–Trinajstić information content (AvgIpc) is 3.13. The zero-order chi connectivity index (χ0) is 24.7. The minimum Gasteiger partial charge on any atom is -0.352 e. The number of aromatic nitrogens is 1. The van der Waals surface area contributed by atoms with Gasteiger partial charge in [-0.3, -0.25) is 9.52 Å². The minimum absolute atomic E-state index is 0.152. The number of hydrogen-bond acceptors (Lipinski definition) is 6. The van der Waals surface area contributed by atoms with Crippen LogP contribution in [-0.4, -0.2) is 51.5 Å². The summed E-state index contributed by atoms with van der Waals surface area (Å²) >= 11 is 0. The first kappa shape index (κ1) is 25.4. The number of carbonyl (C=O) groups excluding carboxylic acids is 1. The molecule has 1 saturated carbocycles. The maximum Gasteiger partial charge on any atom is 0.262 e. The average molecular weight is 500 g/mol. The van der Waals surface area contributed by atoms with E-state index in [9.17, 15) is 13.2 Å². The first-order chi connectivity index (χ1) is 17.0. The maximum atomic E-state index is 13.3. The summed E-state index contributed by atoms with van der Waals surface area (Å²) in [7, 11) is -3.84. The molecule has 190 valence electrons. The van der Waals surface area contributed by atoms with Crippen LogP contribution in [0.25, 0.3) is 0 Å². The third-order valence-electron chi connectivity index (χ3n) is 6.75. The van der Waals surface area contributed by atoms with Crippen molar-refractivity contribution in [1.82, 2.24) is 15.6 Å². The van der Waals surface area contributed by atoms with Crippen molar-refractivity contribution in [3.05, 3.63) is 47.7 Å². The van der Waals surface area contributed by atoms with Gasteiger partial charge in [-0.25, -0.2) is 13.4 Å². The molecule has 8 nitrogen and oxygen atoms in total. The monoisotopic (exact) mass is 499 g/mol. The van der Waals surface area contributed by atoms with Gasteiger partial charge in [-0.1, -0.05) is 51.2 Å². The van der Waals surface area contributed by atoms with Crippen LogP contribution in [0.15, 0.2) is 41.4 Å². The van der Waals surface area contributed by atoms with E-state index in [2.05, 4.69) is 27.3 Å². The van der Waals surface area contributed by atoms with Crippen LogP contribution in [-0.2, 0) is 16.4 Å². The van der Waals surface area contributed by atoms with Crippen LogP contribution >= 0.6 is 0 Å². The molecule has 1 amide bonds. The molecule has 0 spiro atoms. The molecular formula is C26H37N5O3S. The molecule has 1 saturated heterocycles. The van der Waals surface area contributed by atoms with Crippen LogP contribution in [0.2, 0.25) is 0 Å². The molecule has 1 aliphatic carbocycles. The van der Waals surface area contributed by atoms with E-state index in [1.165, 1.54) is 12.8 Å². The Labute approximate surface area is 209 Å². The smallest absolute Gasteiger partial charge is 0.262 e. The van der Waals surface area contributed by atoms with Crippen LogP contribution in [0.3, 0.4) is 0 Å². The molecule has 3 N–H and O–H groups in total. The summed E-state index contributed by atoms with van der Waals surface area (Å²) < 4.78 is 29.3. The molecule has 1 aromatic carbocycles. The lowest BCUT2D eigenvalue weighted by atomic mass is 10.1. The number of amides is 1. The number of pyridine rings is 1. The van der Waals surface area contributed by atoms with Gasteiger partial charge in [-0.2, -0.15) is 0 Å². The van der Waals surface area contributed by atoms with Gasteiger partial charge in [-0.15, -0.1) is 0 Å². The number of nitrogens with zero attached hydrogens (tertiary/aromatic N) is 2. The van der Waals surface area contributed by atoms with Gasteiger partial charge in [-0.05, 0) is 43.0 Å². The standard InChI is InChI=1S/C26H37N5O3S/c1-2-7-20-10-12-23(13-11-20)35(33,34)30-24-18-21(19-28-25(24)31-16-14-27-15-17-31)26(32)29-22-8-5-3-4-6-9-22/h10-13,18-19,22,27,30H,2-9,14-17H2,1H3,(H,29,32). The van der Waals surface area contributed by atoms with E-state index in [4.69, 9.17) is 0 Å². The van der Waals surface area contributed by atoms with Gasteiger partial charge in [0.2, 0.25) is 0 Å². The lowest BCUT2D eigenvalue weighted by molar-refractivity contribution is 0.0933. The third kappa shape index (κ3) is 6.73. The fourth-order valence-corrected chi connectivity index (χ4v) is 5.86. The molecule has 9 heteroatoms. The van der Waals surface area contributed by atoms with E-state index >= 15 is 0 Å². The fraction of sp³-hybridized carbons (Fsp3) is 0.538. The zero-order valence-corrected chi connectivity index (χ0v) is 21.4. The Hall–Kier alpha value is -2.65. The lowest BCUT2D eigenvalue weighted by Gasteiger charge is -2.30. The molecule has 0 radical (unpaired) electrons. The predicted octanol–water partition coefficient (Wildman–Crippen LogP) is 3.70. The maximum absolute atomic E-state index is 13.3. The highest BCUT2D eigenvalue weighted by atomic mass is 32.2. The Kier molecular flexibility index (Phi) is 8.62. The van der Waals surface area contributed by atoms with Crippen molar-refractivity contribution < 1.29 is 13.2 Å². The molecule has 4 rings (SSSR count). The quantitative estimate of drug-likeness (QED) is 0.479. The molecule has 0 bridgehead atoms. The van der Waals surface area contributed by atoms with Gasteiger partial charge in [0, 0.05) is 38.4 Å². The van der Waals surface area contributed by atoms with Gasteiger partial charge in [0.05, 0.1) is 16.1 Å². The predicted molar refractivity (Wildman–Crippen MR) is 140 cm³/mol. The number of piperazine rings is 1. The number of carbonyl (C=O) groups is 1. The molecule has 2 aromatic rings. The van der Waals surface area contributed by atoms with Crippen LogP contribution < -0.4 is 20.3 Å². The zero-order valence-electron chi connectivity index (χ0n) is 20.6. The summed E-state index contributed by atoms with van der Waals surface area (Å²) in [6, 6.07) is 8.75. The number of hydrogen-bond donors (Lipinski definition) is 3. The van der Waals surface area contributed by atoms with Crippen LogP contribution in [0.5, 0.6) is 0 Å². The highest BCUT2D eigenvalue weighted by Gasteiger charge is 2.23. The van der Waals surface area contributed by atoms with Crippen molar-refractivity contribution in [3.8, 4) is 0 Å². The normalized spacial score (nSPS) is 17.6. The second-order valence-electron chi connectivity index (χ2n) is 9.49. The summed E-state index contributed by atoms with van der Waals surface area (Å²) in [5.74, 6) is 0.337. The highest BCUT2D eigenvalue weighted by Crippen LogP contribution is 2.28. The second kappa shape index (κ2) is 11.9. The van der Waals surface area contributed by atoms with E-state index in [1.54, 1.807) is 24.4 Å². The van der Waals surface area contributed by atoms with Crippen LogP contribution in [0, 0.1) is 0 Å². The number of anilines is 2. The Bertz CT molecular complexity index is 1090. The first-order valence-electron chi connectivity index (χ1n) is 12.8. The number of sulfonamides is 1. The Balaban J connectivity index is 1.59. The van der Waals surface area contributed by atoms with Crippen LogP contribution in [0.1, 0.15) is 67.8 Å². The SMILES string of the molecule is CCCc1ccc(S(=O)(=O)Nc2cc(C(=O)NC3CCCCCC3)cnc2N2CCNCC2)cc1. The number of nitrogens with one attached hydrogen (secondary N) is 3.